The Morgan fingerprint density at radius 1 is 0.973 bits per heavy atom. The van der Waals surface area contributed by atoms with E-state index >= 15 is 0 Å². The van der Waals surface area contributed by atoms with E-state index in [4.69, 9.17) is 25.8 Å². The lowest BCUT2D eigenvalue weighted by Crippen LogP contribution is -2.06. The fraction of sp³-hybridized carbons (Fsp3) is 0.120. The molecule has 0 saturated heterocycles. The third-order valence-electron chi connectivity index (χ3n) is 5.12. The lowest BCUT2D eigenvalue weighted by molar-refractivity contribution is -0.385. The first kappa shape index (κ1) is 25.3. The Morgan fingerprint density at radius 2 is 1.73 bits per heavy atom. The number of carbonyl (C=O) groups excluding carboxylic acids is 1. The van der Waals surface area contributed by atoms with Crippen molar-refractivity contribution >= 4 is 40.9 Å². The van der Waals surface area contributed by atoms with E-state index in [0.717, 1.165) is 5.56 Å². The van der Waals surface area contributed by atoms with E-state index in [1.165, 1.54) is 36.4 Å². The van der Waals surface area contributed by atoms with Gasteiger partial charge in [-0.25, -0.2) is 9.79 Å². The average Bonchev–Trinajstić information content (AvgIpc) is 3.24. The second-order valence-electron chi connectivity index (χ2n) is 7.61. The number of nitro groups is 2. The lowest BCUT2D eigenvalue weighted by Gasteiger charge is -2.13. The maximum atomic E-state index is 12.4. The first-order chi connectivity index (χ1) is 17.7. The number of carbonyl (C=O) groups is 1. The van der Waals surface area contributed by atoms with Gasteiger partial charge in [0, 0.05) is 23.8 Å². The molecule has 0 amide bonds. The highest BCUT2D eigenvalue weighted by atomic mass is 35.5. The zero-order chi connectivity index (χ0) is 26.5. The first-order valence-electron chi connectivity index (χ1n) is 10.8. The molecule has 0 fully saturated rings. The van der Waals surface area contributed by atoms with E-state index in [1.807, 2.05) is 6.92 Å². The Bertz CT molecular complexity index is 1450. The molecule has 1 heterocycles. The summed E-state index contributed by atoms with van der Waals surface area (Å²) >= 11 is 5.84. The molecule has 0 atom stereocenters. The Kier molecular flexibility index (Phi) is 7.44. The van der Waals surface area contributed by atoms with Crippen molar-refractivity contribution in [3.63, 3.8) is 0 Å². The van der Waals surface area contributed by atoms with Crippen LogP contribution in [0.5, 0.6) is 11.5 Å². The maximum Gasteiger partial charge on any atom is 0.363 e. The van der Waals surface area contributed by atoms with Gasteiger partial charge in [-0.1, -0.05) is 17.7 Å². The van der Waals surface area contributed by atoms with E-state index < -0.39 is 15.8 Å². The smallest absolute Gasteiger partial charge is 0.363 e. The fourth-order valence-electron chi connectivity index (χ4n) is 3.35. The van der Waals surface area contributed by atoms with Crippen molar-refractivity contribution in [1.29, 1.82) is 0 Å². The number of nitro benzene ring substituents is 2. The van der Waals surface area contributed by atoms with Crippen LogP contribution in [0.15, 0.2) is 71.4 Å². The standard InChI is InChI=1S/C25H18ClN3O8/c1-2-35-23-12-16(5-10-22(23)36-14-15-3-7-18(8-4-15)28(31)32)11-20-25(30)37-24(27-20)17-6-9-19(26)21(13-17)29(33)34/h3-13H,2,14H2,1H3/b20-11-. The number of benzene rings is 3. The third-order valence-corrected chi connectivity index (χ3v) is 5.44. The summed E-state index contributed by atoms with van der Waals surface area (Å²) < 4.78 is 16.7. The predicted molar refractivity (Wildman–Crippen MR) is 134 cm³/mol. The normalized spacial score (nSPS) is 13.7. The average molecular weight is 524 g/mol. The van der Waals surface area contributed by atoms with Crippen LogP contribution in [-0.2, 0) is 16.1 Å². The molecule has 4 rings (SSSR count). The van der Waals surface area contributed by atoms with Gasteiger partial charge in [-0.05, 0) is 60.5 Å². The third kappa shape index (κ3) is 5.90. The van der Waals surface area contributed by atoms with E-state index in [1.54, 1.807) is 30.3 Å². The fourth-order valence-corrected chi connectivity index (χ4v) is 3.54. The van der Waals surface area contributed by atoms with Gasteiger partial charge in [-0.2, -0.15) is 0 Å². The summed E-state index contributed by atoms with van der Waals surface area (Å²) in [5, 5.41) is 21.9. The van der Waals surface area contributed by atoms with Gasteiger partial charge in [-0.3, -0.25) is 20.2 Å². The SMILES string of the molecule is CCOc1cc(/C=C2\N=C(c3ccc(Cl)c([N+](=O)[O-])c3)OC2=O)ccc1OCc1ccc([N+](=O)[O-])cc1. The Balaban J connectivity index is 1.55. The van der Waals surface area contributed by atoms with Crippen LogP contribution in [0.4, 0.5) is 11.4 Å². The van der Waals surface area contributed by atoms with Gasteiger partial charge >= 0.3 is 5.97 Å². The lowest BCUT2D eigenvalue weighted by atomic mass is 10.1. The molecule has 1 aliphatic rings. The van der Waals surface area contributed by atoms with E-state index in [-0.39, 0.29) is 40.2 Å². The van der Waals surface area contributed by atoms with Crippen LogP contribution >= 0.6 is 11.6 Å². The molecule has 188 valence electrons. The molecule has 3 aromatic rings. The molecule has 12 heteroatoms. The number of hydrogen-bond donors (Lipinski definition) is 0. The van der Waals surface area contributed by atoms with E-state index in [0.29, 0.717) is 23.7 Å². The summed E-state index contributed by atoms with van der Waals surface area (Å²) in [5.74, 6) is 0.0600. The molecule has 1 aliphatic heterocycles. The van der Waals surface area contributed by atoms with Crippen molar-refractivity contribution in [3.8, 4) is 11.5 Å². The topological polar surface area (TPSA) is 143 Å². The zero-order valence-electron chi connectivity index (χ0n) is 19.3. The number of aliphatic imine (C=N–C) groups is 1. The van der Waals surface area contributed by atoms with Crippen LogP contribution < -0.4 is 9.47 Å². The minimum absolute atomic E-state index is 0.00500. The summed E-state index contributed by atoms with van der Waals surface area (Å²) in [4.78, 5) is 37.4. The molecular weight excluding hydrogens is 506 g/mol. The van der Waals surface area contributed by atoms with Gasteiger partial charge in [0.05, 0.1) is 16.5 Å². The van der Waals surface area contributed by atoms with E-state index in [2.05, 4.69) is 4.99 Å². The van der Waals surface area contributed by atoms with Crippen molar-refractivity contribution in [3.05, 3.63) is 108 Å². The number of hydrogen-bond acceptors (Lipinski definition) is 9. The number of cyclic esters (lactones) is 1. The molecule has 0 N–H and O–H groups in total. The molecule has 37 heavy (non-hydrogen) atoms. The Morgan fingerprint density at radius 3 is 2.41 bits per heavy atom. The van der Waals surface area contributed by atoms with Crippen molar-refractivity contribution < 1.29 is 28.9 Å². The minimum Gasteiger partial charge on any atom is -0.490 e. The van der Waals surface area contributed by atoms with Crippen molar-refractivity contribution in [2.24, 2.45) is 4.99 Å². The van der Waals surface area contributed by atoms with Crippen molar-refractivity contribution in [1.82, 2.24) is 0 Å². The van der Waals surface area contributed by atoms with Crippen molar-refractivity contribution in [2.75, 3.05) is 6.61 Å². The minimum atomic E-state index is -0.718. The van der Waals surface area contributed by atoms with Crippen LogP contribution in [0.25, 0.3) is 6.08 Å². The van der Waals surface area contributed by atoms with Crippen molar-refractivity contribution in [2.45, 2.75) is 13.5 Å². The number of rotatable bonds is 9. The quantitative estimate of drug-likeness (QED) is 0.155. The maximum absolute atomic E-state index is 12.4. The van der Waals surface area contributed by atoms with E-state index in [9.17, 15) is 25.0 Å². The molecule has 3 aromatic carbocycles. The number of nitrogens with zero attached hydrogens (tertiary/aromatic N) is 3. The van der Waals surface area contributed by atoms with Crippen LogP contribution in [-0.4, -0.2) is 28.3 Å². The molecule has 0 aromatic heterocycles. The molecule has 0 aliphatic carbocycles. The zero-order valence-corrected chi connectivity index (χ0v) is 20.0. The Hall–Kier alpha value is -4.77. The molecule has 0 unspecified atom stereocenters. The van der Waals surface area contributed by atoms with Crippen LogP contribution in [0.1, 0.15) is 23.6 Å². The molecule has 0 saturated carbocycles. The molecule has 11 nitrogen and oxygen atoms in total. The number of ether oxygens (including phenoxy) is 3. The number of halogens is 1. The predicted octanol–water partition coefficient (Wildman–Crippen LogP) is 5.48. The van der Waals surface area contributed by atoms with Gasteiger partial charge < -0.3 is 14.2 Å². The second-order valence-corrected chi connectivity index (χ2v) is 8.02. The number of esters is 1. The summed E-state index contributed by atoms with van der Waals surface area (Å²) in [7, 11) is 0. The molecule has 0 bridgehead atoms. The second kappa shape index (κ2) is 10.9. The van der Waals surface area contributed by atoms with Crippen LogP contribution in [0.3, 0.4) is 0 Å². The number of non-ortho nitro benzene ring substituents is 1. The van der Waals surface area contributed by atoms with Crippen LogP contribution in [0, 0.1) is 20.2 Å². The summed E-state index contributed by atoms with van der Waals surface area (Å²) in [6.45, 7) is 2.32. The molecular formula is C25H18ClN3O8. The molecule has 0 spiro atoms. The molecule has 0 radical (unpaired) electrons. The van der Waals surface area contributed by atoms with Gasteiger partial charge in [-0.15, -0.1) is 0 Å². The summed E-state index contributed by atoms with van der Waals surface area (Å²) in [6.07, 6.45) is 1.49. The monoisotopic (exact) mass is 523 g/mol. The van der Waals surface area contributed by atoms with Gasteiger partial charge in [0.15, 0.2) is 17.2 Å². The highest BCUT2D eigenvalue weighted by Gasteiger charge is 2.26. The Labute approximate surface area is 214 Å². The van der Waals surface area contributed by atoms with Gasteiger partial charge in [0.1, 0.15) is 11.6 Å². The highest BCUT2D eigenvalue weighted by molar-refractivity contribution is 6.32. The van der Waals surface area contributed by atoms with Gasteiger partial charge in [0.25, 0.3) is 11.4 Å². The summed E-state index contributed by atoms with van der Waals surface area (Å²) in [5.41, 5.74) is 1.19. The van der Waals surface area contributed by atoms with Crippen LogP contribution in [0.2, 0.25) is 5.02 Å². The largest absolute Gasteiger partial charge is 0.490 e. The highest BCUT2D eigenvalue weighted by Crippen LogP contribution is 2.32. The summed E-state index contributed by atoms with van der Waals surface area (Å²) in [6, 6.07) is 15.0. The first-order valence-corrected chi connectivity index (χ1v) is 11.2. The van der Waals surface area contributed by atoms with Gasteiger partial charge in [0.2, 0.25) is 5.90 Å².